The smallest absolute Gasteiger partial charge is 0.320 e. The van der Waals surface area contributed by atoms with E-state index in [1.807, 2.05) is 30.3 Å². The van der Waals surface area contributed by atoms with Gasteiger partial charge in [0.1, 0.15) is 6.04 Å². The van der Waals surface area contributed by atoms with Crippen LogP contribution >= 0.6 is 0 Å². The number of hydrogen-bond acceptors (Lipinski definition) is 2. The van der Waals surface area contributed by atoms with Gasteiger partial charge in [-0.25, -0.2) is 0 Å². The third-order valence-electron chi connectivity index (χ3n) is 2.99. The summed E-state index contributed by atoms with van der Waals surface area (Å²) in [6.07, 6.45) is 1.63. The Morgan fingerprint density at radius 2 is 1.58 bits per heavy atom. The maximum atomic E-state index is 10.4. The number of carboxylic acids is 1. The number of benzene rings is 2. The first-order valence-electron chi connectivity index (χ1n) is 6.26. The summed E-state index contributed by atoms with van der Waals surface area (Å²) in [5.41, 5.74) is 9.36. The van der Waals surface area contributed by atoms with Crippen LogP contribution in [-0.2, 0) is 17.6 Å². The molecule has 19 heavy (non-hydrogen) atoms. The van der Waals surface area contributed by atoms with Crippen molar-refractivity contribution in [1.82, 2.24) is 0 Å². The van der Waals surface area contributed by atoms with Crippen molar-refractivity contribution in [1.29, 1.82) is 0 Å². The van der Waals surface area contributed by atoms with Gasteiger partial charge in [0.2, 0.25) is 0 Å². The van der Waals surface area contributed by atoms with Gasteiger partial charge in [0, 0.05) is 0 Å². The molecule has 0 aliphatic heterocycles. The third-order valence-corrected chi connectivity index (χ3v) is 2.99. The first-order chi connectivity index (χ1) is 9.16. The lowest BCUT2D eigenvalue weighted by molar-refractivity contribution is -0.138. The number of carboxylic acid groups (broad SMARTS) is 1. The minimum atomic E-state index is -0.959. The molecule has 1 aliphatic rings. The molecular formula is C16H17NO2. The Hall–Kier alpha value is -2.13. The fraction of sp³-hybridized carbons (Fsp3) is 0.188. The summed E-state index contributed by atoms with van der Waals surface area (Å²) in [7, 11) is 0. The number of rotatable bonds is 3. The van der Waals surface area contributed by atoms with Crippen LogP contribution in [0.3, 0.4) is 0 Å². The molecule has 3 nitrogen and oxygen atoms in total. The number of nitrogens with two attached hydrogens (primary N) is 1. The molecule has 98 valence electrons. The summed E-state index contributed by atoms with van der Waals surface area (Å²) in [6, 6.07) is 17.1. The fourth-order valence-corrected chi connectivity index (χ4v) is 1.79. The zero-order chi connectivity index (χ0) is 13.7. The molecule has 2 aromatic carbocycles. The molecule has 0 radical (unpaired) electrons. The first kappa shape index (κ1) is 13.3. The lowest BCUT2D eigenvalue weighted by Crippen LogP contribution is -2.32. The molecule has 1 atom stereocenters. The Labute approximate surface area is 112 Å². The highest BCUT2D eigenvalue weighted by atomic mass is 16.4. The number of carbonyl (C=O) groups is 1. The van der Waals surface area contributed by atoms with Crippen LogP contribution in [0.1, 0.15) is 16.7 Å². The highest BCUT2D eigenvalue weighted by Gasteiger charge is 2.12. The van der Waals surface area contributed by atoms with Crippen LogP contribution < -0.4 is 5.73 Å². The molecule has 0 heterocycles. The van der Waals surface area contributed by atoms with Gasteiger partial charge in [0.15, 0.2) is 0 Å². The van der Waals surface area contributed by atoms with Crippen molar-refractivity contribution in [3.8, 4) is 0 Å². The van der Waals surface area contributed by atoms with Gasteiger partial charge in [-0.3, -0.25) is 4.79 Å². The molecule has 1 aliphatic carbocycles. The molecule has 0 saturated carbocycles. The van der Waals surface area contributed by atoms with E-state index in [9.17, 15) is 4.79 Å². The topological polar surface area (TPSA) is 63.3 Å². The van der Waals surface area contributed by atoms with Gasteiger partial charge in [-0.15, -0.1) is 0 Å². The van der Waals surface area contributed by atoms with Crippen LogP contribution in [-0.4, -0.2) is 17.1 Å². The summed E-state index contributed by atoms with van der Waals surface area (Å²) in [5.74, 6) is -0.959. The predicted octanol–water partition coefficient (Wildman–Crippen LogP) is 2.23. The molecule has 1 unspecified atom stereocenters. The van der Waals surface area contributed by atoms with Crippen molar-refractivity contribution in [2.24, 2.45) is 5.73 Å². The Morgan fingerprint density at radius 3 is 2.05 bits per heavy atom. The van der Waals surface area contributed by atoms with Gasteiger partial charge in [-0.1, -0.05) is 54.6 Å². The summed E-state index contributed by atoms with van der Waals surface area (Å²) < 4.78 is 0. The zero-order valence-corrected chi connectivity index (χ0v) is 10.6. The fourth-order valence-electron chi connectivity index (χ4n) is 1.79. The normalized spacial score (nSPS) is 12.7. The monoisotopic (exact) mass is 255 g/mol. The molecule has 3 N–H and O–H groups in total. The average Bonchev–Trinajstić information content (AvgIpc) is 3.19. The number of aliphatic carboxylic acids is 1. The molecule has 3 rings (SSSR count). The Morgan fingerprint density at radius 1 is 1.05 bits per heavy atom. The molecular weight excluding hydrogens is 238 g/mol. The Balaban J connectivity index is 0.000000159. The van der Waals surface area contributed by atoms with E-state index in [1.165, 1.54) is 17.5 Å². The molecule has 2 aromatic rings. The second-order valence-electron chi connectivity index (χ2n) is 4.58. The van der Waals surface area contributed by atoms with Crippen LogP contribution in [0.4, 0.5) is 0 Å². The van der Waals surface area contributed by atoms with Crippen LogP contribution in [0.5, 0.6) is 0 Å². The summed E-state index contributed by atoms with van der Waals surface area (Å²) >= 11 is 0. The first-order valence-corrected chi connectivity index (χ1v) is 6.26. The molecule has 0 fully saturated rings. The van der Waals surface area contributed by atoms with E-state index in [0.29, 0.717) is 6.42 Å². The van der Waals surface area contributed by atoms with E-state index < -0.39 is 12.0 Å². The second kappa shape index (κ2) is 6.16. The van der Waals surface area contributed by atoms with Crippen LogP contribution in [0.2, 0.25) is 0 Å². The van der Waals surface area contributed by atoms with E-state index in [0.717, 1.165) is 5.56 Å². The van der Waals surface area contributed by atoms with Crippen LogP contribution in [0.15, 0.2) is 54.6 Å². The lowest BCUT2D eigenvalue weighted by Gasteiger charge is -2.04. The second-order valence-corrected chi connectivity index (χ2v) is 4.58. The Kier molecular flexibility index (Phi) is 4.31. The highest BCUT2D eigenvalue weighted by Crippen LogP contribution is 2.25. The van der Waals surface area contributed by atoms with E-state index in [-0.39, 0.29) is 0 Å². The maximum absolute atomic E-state index is 10.4. The summed E-state index contributed by atoms with van der Waals surface area (Å²) in [4.78, 5) is 10.4. The van der Waals surface area contributed by atoms with Gasteiger partial charge in [-0.05, 0) is 29.5 Å². The van der Waals surface area contributed by atoms with E-state index >= 15 is 0 Å². The molecule has 3 heteroatoms. The minimum Gasteiger partial charge on any atom is -0.480 e. The van der Waals surface area contributed by atoms with Crippen molar-refractivity contribution in [2.75, 3.05) is 0 Å². The largest absolute Gasteiger partial charge is 0.480 e. The zero-order valence-electron chi connectivity index (χ0n) is 10.6. The minimum absolute atomic E-state index is 0.385. The molecule has 0 aromatic heterocycles. The predicted molar refractivity (Wildman–Crippen MR) is 75.0 cm³/mol. The van der Waals surface area contributed by atoms with Crippen molar-refractivity contribution < 1.29 is 9.90 Å². The van der Waals surface area contributed by atoms with Crippen molar-refractivity contribution in [3.63, 3.8) is 0 Å². The molecule has 0 spiro atoms. The standard InChI is InChI=1S/C9H11NO2.C7H6/c10-8(9(11)12)6-7-4-2-1-3-5-7;1-2-4-7-5-6(7)3-1/h1-5,8H,6,10H2,(H,11,12);1-4H,5H2. The lowest BCUT2D eigenvalue weighted by atomic mass is 10.1. The van der Waals surface area contributed by atoms with Gasteiger partial charge in [0.05, 0.1) is 0 Å². The number of hydrogen-bond donors (Lipinski definition) is 2. The summed E-state index contributed by atoms with van der Waals surface area (Å²) in [6.45, 7) is 0. The SMILES string of the molecule is NC(Cc1ccccc1)C(=O)O.c1ccc2c(c1)C2. The average molecular weight is 255 g/mol. The van der Waals surface area contributed by atoms with Crippen LogP contribution in [0, 0.1) is 0 Å². The maximum Gasteiger partial charge on any atom is 0.320 e. The Bertz CT molecular complexity index is 531. The quantitative estimate of drug-likeness (QED) is 0.754. The van der Waals surface area contributed by atoms with E-state index in [1.54, 1.807) is 0 Å². The van der Waals surface area contributed by atoms with Crippen molar-refractivity contribution >= 4 is 5.97 Å². The molecule has 0 bridgehead atoms. The van der Waals surface area contributed by atoms with Crippen LogP contribution in [0.25, 0.3) is 0 Å². The van der Waals surface area contributed by atoms with Gasteiger partial charge in [-0.2, -0.15) is 0 Å². The van der Waals surface area contributed by atoms with E-state index in [4.69, 9.17) is 10.8 Å². The van der Waals surface area contributed by atoms with Gasteiger partial charge < -0.3 is 10.8 Å². The van der Waals surface area contributed by atoms with Crippen molar-refractivity contribution in [3.05, 3.63) is 71.3 Å². The third kappa shape index (κ3) is 4.23. The highest BCUT2D eigenvalue weighted by molar-refractivity contribution is 5.73. The van der Waals surface area contributed by atoms with Crippen molar-refractivity contribution in [2.45, 2.75) is 18.9 Å². The number of fused-ring (bicyclic) bond motifs is 1. The van der Waals surface area contributed by atoms with E-state index in [2.05, 4.69) is 24.3 Å². The van der Waals surface area contributed by atoms with Gasteiger partial charge >= 0.3 is 5.97 Å². The van der Waals surface area contributed by atoms with Gasteiger partial charge in [0.25, 0.3) is 0 Å². The molecule has 0 amide bonds. The molecule has 0 saturated heterocycles. The summed E-state index contributed by atoms with van der Waals surface area (Å²) in [5, 5.41) is 8.52.